The summed E-state index contributed by atoms with van der Waals surface area (Å²) in [7, 11) is -0.604. The summed E-state index contributed by atoms with van der Waals surface area (Å²) in [5.41, 5.74) is 1.14. The monoisotopic (exact) mass is 731 g/mol. The summed E-state index contributed by atoms with van der Waals surface area (Å²) in [5.74, 6) is -2.45. The van der Waals surface area contributed by atoms with Crippen LogP contribution in [0, 0.1) is 29.3 Å². The van der Waals surface area contributed by atoms with E-state index in [2.05, 4.69) is 10.6 Å². The Morgan fingerprint density at radius 1 is 0.902 bits per heavy atom. The number of hydrogen-bond acceptors (Lipinski definition) is 6. The molecular formula is C38H48F3N3O6S. The van der Waals surface area contributed by atoms with E-state index in [4.69, 9.17) is 4.74 Å². The van der Waals surface area contributed by atoms with Gasteiger partial charge in [-0.3, -0.25) is 4.79 Å². The number of benzene rings is 3. The lowest BCUT2D eigenvalue weighted by molar-refractivity contribution is -0.124. The van der Waals surface area contributed by atoms with Gasteiger partial charge in [-0.2, -0.15) is 0 Å². The molecule has 4 atom stereocenters. The van der Waals surface area contributed by atoms with Crippen LogP contribution in [0.3, 0.4) is 0 Å². The molecule has 0 aromatic heterocycles. The zero-order valence-corrected chi connectivity index (χ0v) is 30.0. The van der Waals surface area contributed by atoms with E-state index in [1.54, 1.807) is 4.31 Å². The lowest BCUT2D eigenvalue weighted by atomic mass is 9.84. The predicted octanol–water partition coefficient (Wildman–Crippen LogP) is 5.95. The van der Waals surface area contributed by atoms with Gasteiger partial charge in [0.05, 0.1) is 25.2 Å². The number of amides is 2. The summed E-state index contributed by atoms with van der Waals surface area (Å²) in [6.07, 6.45) is 3.14. The molecule has 0 radical (unpaired) electrons. The van der Waals surface area contributed by atoms with Crippen LogP contribution in [-0.4, -0.2) is 69.1 Å². The van der Waals surface area contributed by atoms with Crippen LogP contribution in [0.1, 0.15) is 75.0 Å². The number of methoxy groups -OCH3 is 1. The fraction of sp³-hybridized carbons (Fsp3) is 0.474. The average Bonchev–Trinajstić information content (AvgIpc) is 3.97. The van der Waals surface area contributed by atoms with E-state index in [-0.39, 0.29) is 34.9 Å². The van der Waals surface area contributed by atoms with Gasteiger partial charge in [0.1, 0.15) is 34.5 Å². The van der Waals surface area contributed by atoms with E-state index in [0.29, 0.717) is 43.4 Å². The van der Waals surface area contributed by atoms with Crippen molar-refractivity contribution >= 4 is 23.0 Å². The van der Waals surface area contributed by atoms with E-state index in [1.165, 1.54) is 67.8 Å². The number of rotatable bonds is 19. The quantitative estimate of drug-likeness (QED) is 0.121. The lowest BCUT2D eigenvalue weighted by Gasteiger charge is -2.31. The minimum atomic E-state index is -1.78. The molecule has 2 amide bonds. The summed E-state index contributed by atoms with van der Waals surface area (Å²) in [6, 6.07) is 13.1. The maximum absolute atomic E-state index is 14.5. The van der Waals surface area contributed by atoms with E-state index < -0.39 is 65.0 Å². The number of carbonyl (C=O) groups excluding carboxylic acids is 2. The second-order valence-electron chi connectivity index (χ2n) is 13.4. The van der Waals surface area contributed by atoms with Crippen LogP contribution >= 0.6 is 0 Å². The molecule has 4 unspecified atom stereocenters. The Morgan fingerprint density at radius 3 is 2.00 bits per heavy atom. The van der Waals surface area contributed by atoms with Crippen LogP contribution < -0.4 is 10.6 Å². The second kappa shape index (κ2) is 19.2. The van der Waals surface area contributed by atoms with Crippen molar-refractivity contribution in [1.29, 1.82) is 0 Å². The van der Waals surface area contributed by atoms with Crippen molar-refractivity contribution < 1.29 is 41.9 Å². The van der Waals surface area contributed by atoms with Crippen LogP contribution in [-0.2, 0) is 27.1 Å². The molecule has 0 aliphatic heterocycles. The van der Waals surface area contributed by atoms with E-state index >= 15 is 0 Å². The number of hydrogen-bond donors (Lipinski definition) is 4. The number of aliphatic hydroxyl groups excluding tert-OH is 2. The molecule has 3 aromatic carbocycles. The highest BCUT2D eigenvalue weighted by Gasteiger charge is 2.38. The molecule has 9 nitrogen and oxygen atoms in total. The third-order valence-corrected chi connectivity index (χ3v) is 10.8. The van der Waals surface area contributed by atoms with Gasteiger partial charge in [-0.15, -0.1) is 0 Å². The number of carbonyl (C=O) groups is 2. The Kier molecular flexibility index (Phi) is 15.0. The SMILES string of the molecule is COC(=O)NC(C(=O)NC(CCCC(CO)N(CCC(C)C)S(=O)c1ccc(CO)c(F)c1)C1CC1)C(c1ccc(F)cc1)c1ccc(F)cc1. The van der Waals surface area contributed by atoms with Gasteiger partial charge < -0.3 is 25.6 Å². The van der Waals surface area contributed by atoms with Gasteiger partial charge in [-0.25, -0.2) is 26.5 Å². The number of aliphatic hydroxyl groups is 2. The minimum absolute atomic E-state index is 0.0991. The summed E-state index contributed by atoms with van der Waals surface area (Å²) in [4.78, 5) is 26.9. The molecule has 3 aromatic rings. The molecule has 1 fully saturated rings. The fourth-order valence-electron chi connectivity index (χ4n) is 6.19. The first-order chi connectivity index (χ1) is 24.4. The van der Waals surface area contributed by atoms with Gasteiger partial charge in [0.15, 0.2) is 0 Å². The topological polar surface area (TPSA) is 128 Å². The van der Waals surface area contributed by atoms with E-state index in [9.17, 15) is 37.2 Å². The molecule has 4 N–H and O–H groups in total. The van der Waals surface area contributed by atoms with Crippen molar-refractivity contribution in [2.75, 3.05) is 20.3 Å². The first-order valence-electron chi connectivity index (χ1n) is 17.3. The third-order valence-electron chi connectivity index (χ3n) is 9.26. The van der Waals surface area contributed by atoms with Crippen LogP contribution in [0.5, 0.6) is 0 Å². The minimum Gasteiger partial charge on any atom is -0.453 e. The summed E-state index contributed by atoms with van der Waals surface area (Å²) >= 11 is 0. The van der Waals surface area contributed by atoms with Crippen molar-refractivity contribution in [2.24, 2.45) is 11.8 Å². The number of nitrogens with zero attached hydrogens (tertiary/aromatic N) is 1. The smallest absolute Gasteiger partial charge is 0.407 e. The maximum Gasteiger partial charge on any atom is 0.407 e. The van der Waals surface area contributed by atoms with Crippen LogP contribution in [0.25, 0.3) is 0 Å². The van der Waals surface area contributed by atoms with Crippen molar-refractivity contribution in [1.82, 2.24) is 14.9 Å². The van der Waals surface area contributed by atoms with E-state index in [0.717, 1.165) is 18.9 Å². The predicted molar refractivity (Wildman–Crippen MR) is 188 cm³/mol. The van der Waals surface area contributed by atoms with Gasteiger partial charge in [0, 0.05) is 30.1 Å². The second-order valence-corrected chi connectivity index (χ2v) is 14.8. The number of ether oxygens (including phenoxy) is 1. The molecule has 0 heterocycles. The van der Waals surface area contributed by atoms with Gasteiger partial charge >= 0.3 is 6.09 Å². The molecule has 51 heavy (non-hydrogen) atoms. The number of alkyl carbamates (subject to hydrolysis) is 1. The molecule has 4 rings (SSSR count). The van der Waals surface area contributed by atoms with Gasteiger partial charge in [-0.05, 0) is 97.9 Å². The third kappa shape index (κ3) is 11.4. The maximum atomic E-state index is 14.5. The zero-order valence-electron chi connectivity index (χ0n) is 29.2. The Balaban J connectivity index is 1.53. The summed E-state index contributed by atoms with van der Waals surface area (Å²) in [5, 5.41) is 25.6. The molecule has 278 valence electrons. The highest BCUT2D eigenvalue weighted by Crippen LogP contribution is 2.36. The zero-order chi connectivity index (χ0) is 37.1. The molecule has 1 saturated carbocycles. The first-order valence-corrected chi connectivity index (χ1v) is 18.4. The van der Waals surface area contributed by atoms with Gasteiger partial charge in [0.2, 0.25) is 5.91 Å². The molecule has 0 saturated heterocycles. The number of halogens is 3. The number of nitrogens with one attached hydrogen (secondary N) is 2. The van der Waals surface area contributed by atoms with Gasteiger partial charge in [-0.1, -0.05) is 44.2 Å². The molecule has 0 bridgehead atoms. The van der Waals surface area contributed by atoms with Crippen LogP contribution in [0.15, 0.2) is 71.6 Å². The highest BCUT2D eigenvalue weighted by atomic mass is 32.2. The average molecular weight is 732 g/mol. The molecule has 13 heteroatoms. The van der Waals surface area contributed by atoms with Crippen molar-refractivity contribution in [3.05, 3.63) is 101 Å². The Labute approximate surface area is 300 Å². The van der Waals surface area contributed by atoms with Crippen LogP contribution in [0.2, 0.25) is 0 Å². The van der Waals surface area contributed by atoms with Crippen molar-refractivity contribution in [3.8, 4) is 0 Å². The largest absolute Gasteiger partial charge is 0.453 e. The standard InChI is InChI=1S/C38H48F3N3O6S/c1-24(2)19-20-44(51(49)32-18-13-28(22-45)33(41)21-32)31(23-46)5-4-6-34(25-7-8-25)42-37(47)36(43-38(48)50-3)35(26-9-14-29(39)15-10-26)27-11-16-30(40)17-12-27/h9-18,21,24-25,31,34-36,45-46H,4-8,19-20,22-23H2,1-3H3,(H,42,47)(H,43,48). The Morgan fingerprint density at radius 2 is 1.51 bits per heavy atom. The highest BCUT2D eigenvalue weighted by molar-refractivity contribution is 7.82. The Bertz CT molecular complexity index is 1560. The molecule has 1 aliphatic carbocycles. The van der Waals surface area contributed by atoms with Crippen LogP contribution in [0.4, 0.5) is 18.0 Å². The van der Waals surface area contributed by atoms with E-state index in [1.807, 2.05) is 13.8 Å². The van der Waals surface area contributed by atoms with Gasteiger partial charge in [0.25, 0.3) is 0 Å². The fourth-order valence-corrected chi connectivity index (χ4v) is 7.56. The first kappa shape index (κ1) is 40.0. The Hall–Kier alpha value is -3.78. The molecule has 1 aliphatic rings. The molecule has 0 spiro atoms. The molecular weight excluding hydrogens is 683 g/mol. The summed E-state index contributed by atoms with van der Waals surface area (Å²) < 4.78 is 62.6. The summed E-state index contributed by atoms with van der Waals surface area (Å²) in [6.45, 7) is 3.70. The normalized spacial score (nSPS) is 15.4. The van der Waals surface area contributed by atoms with Crippen molar-refractivity contribution in [2.45, 2.75) is 87.9 Å². The van der Waals surface area contributed by atoms with Crippen molar-refractivity contribution in [3.63, 3.8) is 0 Å². The lowest BCUT2D eigenvalue weighted by Crippen LogP contribution is -2.53.